The molecular weight excluding hydrogens is 240 g/mol. The maximum Gasteiger partial charge on any atom is 0.354 e. The number of carboxylic acids is 1. The fourth-order valence-electron chi connectivity index (χ4n) is 3.56. The molecule has 4 heteroatoms. The van der Waals surface area contributed by atoms with Gasteiger partial charge in [0, 0.05) is 13.1 Å². The van der Waals surface area contributed by atoms with Gasteiger partial charge in [-0.1, -0.05) is 12.8 Å². The Morgan fingerprint density at radius 3 is 2.37 bits per heavy atom. The molecule has 1 saturated carbocycles. The molecule has 2 fully saturated rings. The van der Waals surface area contributed by atoms with Gasteiger partial charge in [0.1, 0.15) is 5.69 Å². The summed E-state index contributed by atoms with van der Waals surface area (Å²) in [5.41, 5.74) is 1.79. The van der Waals surface area contributed by atoms with Crippen molar-refractivity contribution in [2.45, 2.75) is 38.5 Å². The van der Waals surface area contributed by atoms with E-state index in [-0.39, 0.29) is 5.69 Å². The van der Waals surface area contributed by atoms with E-state index < -0.39 is 5.97 Å². The Morgan fingerprint density at radius 1 is 1.16 bits per heavy atom. The minimum Gasteiger partial charge on any atom is -0.477 e. The second-order valence-electron chi connectivity index (χ2n) is 5.90. The monoisotopic (exact) mass is 260 g/mol. The van der Waals surface area contributed by atoms with Gasteiger partial charge >= 0.3 is 5.97 Å². The lowest BCUT2D eigenvalue weighted by atomic mass is 9.77. The van der Waals surface area contributed by atoms with Crippen molar-refractivity contribution >= 4 is 11.7 Å². The molecule has 1 aromatic heterocycles. The fraction of sp³-hybridized carbons (Fsp3) is 0.600. The zero-order chi connectivity index (χ0) is 13.3. The number of carbonyl (C=O) groups is 1. The highest BCUT2D eigenvalue weighted by molar-refractivity contribution is 5.85. The predicted octanol–water partition coefficient (Wildman–Crippen LogP) is 2.94. The minimum absolute atomic E-state index is 0.119. The molecule has 1 aliphatic carbocycles. The van der Waals surface area contributed by atoms with Crippen LogP contribution in [0.15, 0.2) is 18.3 Å². The molecular formula is C15H20N2O2. The largest absolute Gasteiger partial charge is 0.477 e. The van der Waals surface area contributed by atoms with E-state index in [1.165, 1.54) is 38.5 Å². The van der Waals surface area contributed by atoms with E-state index in [0.717, 1.165) is 18.8 Å². The van der Waals surface area contributed by atoms with Crippen molar-refractivity contribution in [2.75, 3.05) is 18.0 Å². The second-order valence-corrected chi connectivity index (χ2v) is 5.90. The molecule has 0 bridgehead atoms. The maximum atomic E-state index is 10.8. The van der Waals surface area contributed by atoms with Gasteiger partial charge in [-0.05, 0) is 43.2 Å². The summed E-state index contributed by atoms with van der Waals surface area (Å²) in [6.07, 6.45) is 9.83. The van der Waals surface area contributed by atoms with Crippen LogP contribution in [-0.2, 0) is 0 Å². The van der Waals surface area contributed by atoms with Crippen LogP contribution >= 0.6 is 0 Å². The Kier molecular flexibility index (Phi) is 3.17. The molecule has 1 N–H and O–H groups in total. The Morgan fingerprint density at radius 2 is 1.84 bits per heavy atom. The summed E-state index contributed by atoms with van der Waals surface area (Å²) in [7, 11) is 0. The third kappa shape index (κ3) is 2.44. The highest BCUT2D eigenvalue weighted by Gasteiger charge is 2.36. The van der Waals surface area contributed by atoms with Crippen LogP contribution in [0.1, 0.15) is 49.0 Å². The van der Waals surface area contributed by atoms with Crippen molar-refractivity contribution in [3.63, 3.8) is 0 Å². The zero-order valence-corrected chi connectivity index (χ0v) is 11.1. The average Bonchev–Trinajstić information content (AvgIpc) is 2.88. The van der Waals surface area contributed by atoms with Crippen LogP contribution in [0.2, 0.25) is 0 Å². The number of hydrogen-bond donors (Lipinski definition) is 1. The lowest BCUT2D eigenvalue weighted by molar-refractivity contribution is 0.0690. The summed E-state index contributed by atoms with van der Waals surface area (Å²) in [5.74, 6) is -0.963. The van der Waals surface area contributed by atoms with Crippen LogP contribution in [0.5, 0.6) is 0 Å². The number of pyridine rings is 1. The summed E-state index contributed by atoms with van der Waals surface area (Å²) in [4.78, 5) is 17.1. The van der Waals surface area contributed by atoms with Gasteiger partial charge in [0.2, 0.25) is 0 Å². The quantitative estimate of drug-likeness (QED) is 0.888. The van der Waals surface area contributed by atoms with Gasteiger partial charge < -0.3 is 10.0 Å². The van der Waals surface area contributed by atoms with Crippen LogP contribution in [0.3, 0.4) is 0 Å². The predicted molar refractivity (Wildman–Crippen MR) is 73.5 cm³/mol. The SMILES string of the molecule is O=C(O)c1ccc(N2CCC3(CCCC3)CC2)cn1. The minimum atomic E-state index is -0.963. The molecule has 1 aromatic rings. The molecule has 1 aliphatic heterocycles. The second kappa shape index (κ2) is 4.83. The summed E-state index contributed by atoms with van der Waals surface area (Å²) in [6, 6.07) is 3.47. The Balaban J connectivity index is 1.66. The van der Waals surface area contributed by atoms with E-state index in [4.69, 9.17) is 5.11 Å². The van der Waals surface area contributed by atoms with E-state index >= 15 is 0 Å². The summed E-state index contributed by atoms with van der Waals surface area (Å²) < 4.78 is 0. The molecule has 0 radical (unpaired) electrons. The van der Waals surface area contributed by atoms with Gasteiger partial charge in [0.05, 0.1) is 11.9 Å². The molecule has 19 heavy (non-hydrogen) atoms. The number of aromatic nitrogens is 1. The number of piperidine rings is 1. The molecule has 102 valence electrons. The summed E-state index contributed by atoms with van der Waals surface area (Å²) in [5, 5.41) is 8.85. The standard InChI is InChI=1S/C15H20N2O2/c18-14(19)13-4-3-12(11-16-13)17-9-7-15(8-10-17)5-1-2-6-15/h3-4,11H,1-2,5-10H2,(H,18,19). The summed E-state index contributed by atoms with van der Waals surface area (Å²) >= 11 is 0. The first-order valence-corrected chi connectivity index (χ1v) is 7.13. The first kappa shape index (κ1) is 12.5. The van der Waals surface area contributed by atoms with Crippen LogP contribution < -0.4 is 4.90 Å². The Labute approximate surface area is 113 Å². The zero-order valence-electron chi connectivity index (χ0n) is 11.1. The number of nitrogens with zero attached hydrogens (tertiary/aromatic N) is 2. The van der Waals surface area contributed by atoms with Crippen LogP contribution in [0.4, 0.5) is 5.69 Å². The molecule has 0 atom stereocenters. The van der Waals surface area contributed by atoms with E-state index in [1.807, 2.05) is 6.07 Å². The average molecular weight is 260 g/mol. The third-order valence-electron chi connectivity index (χ3n) is 4.82. The van der Waals surface area contributed by atoms with Crippen molar-refractivity contribution in [2.24, 2.45) is 5.41 Å². The van der Waals surface area contributed by atoms with Gasteiger partial charge in [-0.15, -0.1) is 0 Å². The smallest absolute Gasteiger partial charge is 0.354 e. The molecule has 4 nitrogen and oxygen atoms in total. The first-order valence-electron chi connectivity index (χ1n) is 7.13. The van der Waals surface area contributed by atoms with Gasteiger partial charge in [-0.3, -0.25) is 0 Å². The van der Waals surface area contributed by atoms with Crippen LogP contribution in [-0.4, -0.2) is 29.1 Å². The number of rotatable bonds is 2. The van der Waals surface area contributed by atoms with Gasteiger partial charge in [0.25, 0.3) is 0 Å². The van der Waals surface area contributed by atoms with E-state index in [2.05, 4.69) is 9.88 Å². The van der Waals surface area contributed by atoms with Gasteiger partial charge in [-0.25, -0.2) is 9.78 Å². The van der Waals surface area contributed by atoms with Crippen molar-refractivity contribution in [3.05, 3.63) is 24.0 Å². The van der Waals surface area contributed by atoms with Crippen molar-refractivity contribution in [1.29, 1.82) is 0 Å². The van der Waals surface area contributed by atoms with Crippen LogP contribution in [0, 0.1) is 5.41 Å². The Hall–Kier alpha value is -1.58. The fourth-order valence-corrected chi connectivity index (χ4v) is 3.56. The van der Waals surface area contributed by atoms with Crippen molar-refractivity contribution in [3.8, 4) is 0 Å². The molecule has 1 spiro atoms. The van der Waals surface area contributed by atoms with Crippen LogP contribution in [0.25, 0.3) is 0 Å². The highest BCUT2D eigenvalue weighted by Crippen LogP contribution is 2.46. The maximum absolute atomic E-state index is 10.8. The molecule has 2 aliphatic rings. The number of anilines is 1. The molecule has 0 amide bonds. The topological polar surface area (TPSA) is 53.4 Å². The van der Waals surface area contributed by atoms with Crippen molar-refractivity contribution in [1.82, 2.24) is 4.98 Å². The highest BCUT2D eigenvalue weighted by atomic mass is 16.4. The lowest BCUT2D eigenvalue weighted by Crippen LogP contribution is -2.38. The van der Waals surface area contributed by atoms with E-state index in [0.29, 0.717) is 5.41 Å². The van der Waals surface area contributed by atoms with Crippen molar-refractivity contribution < 1.29 is 9.90 Å². The normalized spacial score (nSPS) is 21.8. The summed E-state index contributed by atoms with van der Waals surface area (Å²) in [6.45, 7) is 2.15. The number of hydrogen-bond acceptors (Lipinski definition) is 3. The number of carboxylic acid groups (broad SMARTS) is 1. The molecule has 2 heterocycles. The molecule has 0 unspecified atom stereocenters. The number of aromatic carboxylic acids is 1. The van der Waals surface area contributed by atoms with E-state index in [9.17, 15) is 4.79 Å². The third-order valence-corrected chi connectivity index (χ3v) is 4.82. The van der Waals surface area contributed by atoms with E-state index in [1.54, 1.807) is 12.3 Å². The first-order chi connectivity index (χ1) is 9.19. The van der Waals surface area contributed by atoms with Gasteiger partial charge in [0.15, 0.2) is 0 Å². The molecule has 1 saturated heterocycles. The Bertz CT molecular complexity index is 454. The lowest BCUT2D eigenvalue weighted by Gasteiger charge is -2.40. The molecule has 0 aromatic carbocycles. The van der Waals surface area contributed by atoms with Gasteiger partial charge in [-0.2, -0.15) is 0 Å². The molecule has 3 rings (SSSR count).